The van der Waals surface area contributed by atoms with E-state index in [2.05, 4.69) is 152 Å². The molecule has 0 saturated heterocycles. The molecule has 0 bridgehead atoms. The molecule has 0 spiro atoms. The molecule has 0 radical (unpaired) electrons. The lowest BCUT2D eigenvalue weighted by Crippen LogP contribution is -2.00. The molecule has 0 aliphatic carbocycles. The molecule has 3 heterocycles. The summed E-state index contributed by atoms with van der Waals surface area (Å²) in [6, 6.07) is 64.0. The normalized spacial score (nSPS) is 11.6. The molecular formula is C50H30N4S. The van der Waals surface area contributed by atoms with Crippen LogP contribution in [0.4, 0.5) is 0 Å². The first-order valence-corrected chi connectivity index (χ1v) is 19.2. The molecule has 256 valence electrons. The molecule has 11 rings (SSSR count). The van der Waals surface area contributed by atoms with E-state index in [1.807, 2.05) is 30.3 Å². The molecule has 0 fully saturated rings. The van der Waals surface area contributed by atoms with Crippen molar-refractivity contribution in [2.24, 2.45) is 0 Å². The number of nitrogens with zero attached hydrogens (tertiary/aromatic N) is 4. The minimum absolute atomic E-state index is 0.615. The molecule has 0 aliphatic rings. The number of hydrogen-bond donors (Lipinski definition) is 0. The number of thiophene rings is 1. The highest BCUT2D eigenvalue weighted by Gasteiger charge is 2.17. The molecule has 8 aromatic carbocycles. The fourth-order valence-electron chi connectivity index (χ4n) is 7.82. The first-order valence-electron chi connectivity index (χ1n) is 18.4. The van der Waals surface area contributed by atoms with E-state index in [0.29, 0.717) is 17.5 Å². The van der Waals surface area contributed by atoms with Crippen LogP contribution in [0.2, 0.25) is 0 Å². The largest absolute Gasteiger partial charge is 0.236 e. The fourth-order valence-corrected chi connectivity index (χ4v) is 8.92. The SMILES string of the molecule is c1ccc(-c2nc(-c3ccc(-c4ccc5c(ccc6ccccc65)c4)cc3)nc(-c3cccc(-c4nc5sc6ccccc6c5c5ccccc45)c3)n2)cc1. The molecule has 0 saturated carbocycles. The van der Waals surface area contributed by atoms with Crippen LogP contribution < -0.4 is 0 Å². The van der Waals surface area contributed by atoms with Gasteiger partial charge in [0.15, 0.2) is 17.5 Å². The third-order valence-corrected chi connectivity index (χ3v) is 11.6. The summed E-state index contributed by atoms with van der Waals surface area (Å²) < 4.78 is 1.24. The molecule has 4 nitrogen and oxygen atoms in total. The zero-order valence-electron chi connectivity index (χ0n) is 29.5. The molecule has 0 aliphatic heterocycles. The quantitative estimate of drug-likeness (QED) is 0.166. The van der Waals surface area contributed by atoms with Crippen molar-refractivity contribution < 1.29 is 0 Å². The van der Waals surface area contributed by atoms with Gasteiger partial charge in [0.1, 0.15) is 4.83 Å². The summed E-state index contributed by atoms with van der Waals surface area (Å²) in [6.45, 7) is 0. The standard InChI is InChI=1S/C50H30N4S/c1-2-12-33(13-3-1)47-52-48(34-24-21-31(22-25-34)35-27-28-40-36(29-35)26-23-32-11-4-5-16-39(32)40)54-49(53-47)38-15-10-14-37(30-38)46-42-18-7-6-17-41(42)45-43-19-8-9-20-44(43)55-50(45)51-46/h1-30H. The van der Waals surface area contributed by atoms with Crippen LogP contribution in [0.25, 0.3) is 109 Å². The van der Waals surface area contributed by atoms with Crippen LogP contribution in [-0.4, -0.2) is 19.9 Å². The highest BCUT2D eigenvalue weighted by molar-refractivity contribution is 7.25. The number of pyridine rings is 1. The van der Waals surface area contributed by atoms with Crippen molar-refractivity contribution in [1.29, 1.82) is 0 Å². The summed E-state index contributed by atoms with van der Waals surface area (Å²) in [7, 11) is 0. The van der Waals surface area contributed by atoms with E-state index in [0.717, 1.165) is 43.7 Å². The first kappa shape index (κ1) is 31.4. The van der Waals surface area contributed by atoms with Crippen molar-refractivity contribution in [2.45, 2.75) is 0 Å². The van der Waals surface area contributed by atoms with Crippen molar-refractivity contribution >= 4 is 64.0 Å². The maximum atomic E-state index is 5.30. The second-order valence-electron chi connectivity index (χ2n) is 13.8. The van der Waals surface area contributed by atoms with Gasteiger partial charge < -0.3 is 0 Å². The molecule has 0 unspecified atom stereocenters. The Morgan fingerprint density at radius 2 is 0.873 bits per heavy atom. The van der Waals surface area contributed by atoms with Gasteiger partial charge in [-0.2, -0.15) is 0 Å². The van der Waals surface area contributed by atoms with Crippen molar-refractivity contribution in [2.75, 3.05) is 0 Å². The van der Waals surface area contributed by atoms with Crippen LogP contribution in [0.3, 0.4) is 0 Å². The summed E-state index contributed by atoms with van der Waals surface area (Å²) in [4.78, 5) is 21.5. The summed E-state index contributed by atoms with van der Waals surface area (Å²) in [6.07, 6.45) is 0. The van der Waals surface area contributed by atoms with Crippen molar-refractivity contribution in [1.82, 2.24) is 19.9 Å². The van der Waals surface area contributed by atoms with Crippen molar-refractivity contribution in [3.8, 4) is 56.5 Å². The van der Waals surface area contributed by atoms with Gasteiger partial charge in [0, 0.05) is 43.1 Å². The molecule has 0 amide bonds. The number of fused-ring (bicyclic) bond motifs is 8. The van der Waals surface area contributed by atoms with Crippen LogP contribution >= 0.6 is 11.3 Å². The van der Waals surface area contributed by atoms with Gasteiger partial charge >= 0.3 is 0 Å². The number of rotatable bonds is 5. The Bertz CT molecular complexity index is 3260. The summed E-state index contributed by atoms with van der Waals surface area (Å²) in [5.74, 6) is 1.87. The second kappa shape index (κ2) is 12.8. The maximum absolute atomic E-state index is 5.30. The lowest BCUT2D eigenvalue weighted by molar-refractivity contribution is 1.07. The van der Waals surface area contributed by atoms with Crippen molar-refractivity contribution in [3.05, 3.63) is 182 Å². The van der Waals surface area contributed by atoms with E-state index in [1.165, 1.54) is 48.0 Å². The molecule has 11 aromatic rings. The van der Waals surface area contributed by atoms with Gasteiger partial charge in [0.25, 0.3) is 0 Å². The average molecular weight is 719 g/mol. The first-order chi connectivity index (χ1) is 27.2. The second-order valence-corrected chi connectivity index (χ2v) is 14.9. The number of benzene rings is 8. The zero-order chi connectivity index (χ0) is 36.3. The van der Waals surface area contributed by atoms with Gasteiger partial charge in [-0.15, -0.1) is 11.3 Å². The van der Waals surface area contributed by atoms with E-state index in [-0.39, 0.29) is 0 Å². The molecule has 55 heavy (non-hydrogen) atoms. The number of aromatic nitrogens is 4. The van der Waals surface area contributed by atoms with Crippen LogP contribution in [0.15, 0.2) is 182 Å². The van der Waals surface area contributed by atoms with E-state index >= 15 is 0 Å². The van der Waals surface area contributed by atoms with Crippen LogP contribution in [0.5, 0.6) is 0 Å². The van der Waals surface area contributed by atoms with Crippen LogP contribution in [0, 0.1) is 0 Å². The van der Waals surface area contributed by atoms with Gasteiger partial charge in [-0.05, 0) is 56.3 Å². The van der Waals surface area contributed by atoms with Crippen molar-refractivity contribution in [3.63, 3.8) is 0 Å². The van der Waals surface area contributed by atoms with E-state index in [1.54, 1.807) is 11.3 Å². The zero-order valence-corrected chi connectivity index (χ0v) is 30.3. The Balaban J connectivity index is 1.01. The van der Waals surface area contributed by atoms with E-state index < -0.39 is 0 Å². The van der Waals surface area contributed by atoms with Crippen LogP contribution in [-0.2, 0) is 0 Å². The van der Waals surface area contributed by atoms with Gasteiger partial charge in [0.05, 0.1) is 5.69 Å². The predicted molar refractivity (Wildman–Crippen MR) is 230 cm³/mol. The summed E-state index contributed by atoms with van der Waals surface area (Å²) in [5.41, 5.74) is 7.04. The highest BCUT2D eigenvalue weighted by Crippen LogP contribution is 2.41. The lowest BCUT2D eigenvalue weighted by Gasteiger charge is -2.11. The average Bonchev–Trinajstić information content (AvgIpc) is 3.65. The molecule has 3 aromatic heterocycles. The Morgan fingerprint density at radius 3 is 1.69 bits per heavy atom. The Kier molecular flexibility index (Phi) is 7.32. The predicted octanol–water partition coefficient (Wildman–Crippen LogP) is 13.4. The monoisotopic (exact) mass is 718 g/mol. The third-order valence-electron chi connectivity index (χ3n) is 10.5. The summed E-state index contributed by atoms with van der Waals surface area (Å²) >= 11 is 1.74. The highest BCUT2D eigenvalue weighted by atomic mass is 32.1. The van der Waals surface area contributed by atoms with E-state index in [4.69, 9.17) is 19.9 Å². The Morgan fingerprint density at radius 1 is 0.309 bits per heavy atom. The van der Waals surface area contributed by atoms with E-state index in [9.17, 15) is 0 Å². The maximum Gasteiger partial charge on any atom is 0.164 e. The lowest BCUT2D eigenvalue weighted by atomic mass is 9.97. The third kappa shape index (κ3) is 5.44. The Hall–Kier alpha value is -7.08. The van der Waals surface area contributed by atoms with Gasteiger partial charge in [0.2, 0.25) is 0 Å². The minimum Gasteiger partial charge on any atom is -0.236 e. The molecule has 0 N–H and O–H groups in total. The number of hydrogen-bond acceptors (Lipinski definition) is 5. The van der Waals surface area contributed by atoms with Crippen LogP contribution in [0.1, 0.15) is 0 Å². The topological polar surface area (TPSA) is 51.6 Å². The fraction of sp³-hybridized carbons (Fsp3) is 0. The van der Waals surface area contributed by atoms with Gasteiger partial charge in [-0.25, -0.2) is 19.9 Å². The molecule has 5 heteroatoms. The molecular weight excluding hydrogens is 689 g/mol. The Labute approximate surface area is 321 Å². The molecule has 0 atom stereocenters. The van der Waals surface area contributed by atoms with Gasteiger partial charge in [-0.3, -0.25) is 0 Å². The van der Waals surface area contributed by atoms with Gasteiger partial charge in [-0.1, -0.05) is 164 Å². The summed E-state index contributed by atoms with van der Waals surface area (Å²) in [5, 5.41) is 9.81. The minimum atomic E-state index is 0.615. The smallest absolute Gasteiger partial charge is 0.164 e.